The third-order valence-electron chi connectivity index (χ3n) is 5.30. The minimum absolute atomic E-state index is 0.0128. The Bertz CT molecular complexity index is 528. The Morgan fingerprint density at radius 2 is 2.00 bits per heavy atom. The van der Waals surface area contributed by atoms with E-state index in [0.717, 1.165) is 37.1 Å². The summed E-state index contributed by atoms with van der Waals surface area (Å²) in [7, 11) is 0. The van der Waals surface area contributed by atoms with E-state index in [2.05, 4.69) is 45.8 Å². The molecule has 26 heavy (non-hydrogen) atoms. The van der Waals surface area contributed by atoms with Crippen LogP contribution in [-0.4, -0.2) is 28.0 Å². The lowest BCUT2D eigenvalue weighted by Gasteiger charge is -2.24. The van der Waals surface area contributed by atoms with Crippen molar-refractivity contribution in [1.29, 1.82) is 0 Å². The maximum Gasteiger partial charge on any atom is 0.0923 e. The van der Waals surface area contributed by atoms with Gasteiger partial charge in [0.1, 0.15) is 0 Å². The number of ether oxygens (including phenoxy) is 1. The van der Waals surface area contributed by atoms with Crippen LogP contribution in [0.1, 0.15) is 66.7 Å². The van der Waals surface area contributed by atoms with Crippen molar-refractivity contribution in [3.05, 3.63) is 36.4 Å². The SMILES string of the molecule is C=CCC(C)C(O)C(C)CCCC1(C)OC1C/C(C)=C/N=C(C)SC=C. The summed E-state index contributed by atoms with van der Waals surface area (Å²) >= 11 is 1.54. The van der Waals surface area contributed by atoms with Gasteiger partial charge in [-0.2, -0.15) is 0 Å². The van der Waals surface area contributed by atoms with Crippen LogP contribution in [0.15, 0.2) is 41.4 Å². The Labute approximate surface area is 164 Å². The van der Waals surface area contributed by atoms with E-state index in [1.807, 2.05) is 19.2 Å². The molecule has 0 radical (unpaired) electrons. The zero-order chi connectivity index (χ0) is 19.7. The Morgan fingerprint density at radius 3 is 2.62 bits per heavy atom. The molecule has 1 saturated heterocycles. The van der Waals surface area contributed by atoms with Crippen molar-refractivity contribution in [1.82, 2.24) is 0 Å². The van der Waals surface area contributed by atoms with Crippen LogP contribution in [0.5, 0.6) is 0 Å². The zero-order valence-corrected chi connectivity index (χ0v) is 18.0. The van der Waals surface area contributed by atoms with Crippen LogP contribution in [0, 0.1) is 11.8 Å². The Hall–Kier alpha value is -0.840. The second kappa shape index (κ2) is 11.1. The molecule has 0 spiro atoms. The molecule has 1 aliphatic rings. The van der Waals surface area contributed by atoms with E-state index in [0.29, 0.717) is 12.0 Å². The van der Waals surface area contributed by atoms with E-state index < -0.39 is 0 Å². The maximum atomic E-state index is 10.4. The molecule has 5 unspecified atom stereocenters. The van der Waals surface area contributed by atoms with E-state index >= 15 is 0 Å². The lowest BCUT2D eigenvalue weighted by Crippen LogP contribution is -2.25. The standard InChI is InChI=1S/C22H37NO2S/c1-8-11-17(4)21(24)18(5)12-10-13-22(7)20(25-22)14-16(3)15-23-19(6)26-9-2/h8-9,15,17-18,20-21,24H,1-2,10-14H2,3-7H3/b16-15+,23-19?. The van der Waals surface area contributed by atoms with Gasteiger partial charge in [-0.3, -0.25) is 4.99 Å². The Kier molecular flexibility index (Phi) is 9.91. The van der Waals surface area contributed by atoms with Gasteiger partial charge in [-0.1, -0.05) is 50.3 Å². The van der Waals surface area contributed by atoms with Crippen molar-refractivity contribution in [3.8, 4) is 0 Å². The van der Waals surface area contributed by atoms with E-state index in [4.69, 9.17) is 4.74 Å². The van der Waals surface area contributed by atoms with E-state index in [1.165, 1.54) is 5.57 Å². The third-order valence-corrected chi connectivity index (χ3v) is 5.91. The second-order valence-electron chi connectivity index (χ2n) is 7.89. The van der Waals surface area contributed by atoms with Gasteiger partial charge in [-0.05, 0) is 63.7 Å². The highest BCUT2D eigenvalue weighted by Gasteiger charge is 2.51. The Morgan fingerprint density at radius 1 is 1.31 bits per heavy atom. The molecule has 1 N–H and O–H groups in total. The van der Waals surface area contributed by atoms with E-state index in [9.17, 15) is 5.11 Å². The van der Waals surface area contributed by atoms with Crippen LogP contribution >= 0.6 is 11.8 Å². The summed E-state index contributed by atoms with van der Waals surface area (Å²) < 4.78 is 5.97. The minimum atomic E-state index is -0.253. The number of rotatable bonds is 12. The third kappa shape index (κ3) is 7.81. The highest BCUT2D eigenvalue weighted by molar-refractivity contribution is 8.16. The van der Waals surface area contributed by atoms with Gasteiger partial charge in [-0.25, -0.2) is 0 Å². The van der Waals surface area contributed by atoms with E-state index in [-0.39, 0.29) is 17.6 Å². The average Bonchev–Trinajstić information content (AvgIpc) is 3.21. The summed E-state index contributed by atoms with van der Waals surface area (Å²) in [6.07, 6.45) is 8.83. The molecular formula is C22H37NO2S. The summed E-state index contributed by atoms with van der Waals surface area (Å²) in [6, 6.07) is 0. The summed E-state index contributed by atoms with van der Waals surface area (Å²) in [6.45, 7) is 18.0. The molecule has 0 saturated carbocycles. The van der Waals surface area contributed by atoms with Crippen molar-refractivity contribution in [3.63, 3.8) is 0 Å². The molecule has 0 aromatic heterocycles. The van der Waals surface area contributed by atoms with Gasteiger partial charge in [0.25, 0.3) is 0 Å². The van der Waals surface area contributed by atoms with Crippen LogP contribution in [0.25, 0.3) is 0 Å². The van der Waals surface area contributed by atoms with E-state index in [1.54, 1.807) is 17.2 Å². The van der Waals surface area contributed by atoms with Gasteiger partial charge in [0.05, 0.1) is 22.9 Å². The van der Waals surface area contributed by atoms with Gasteiger partial charge < -0.3 is 9.84 Å². The van der Waals surface area contributed by atoms with Gasteiger partial charge in [-0.15, -0.1) is 6.58 Å². The van der Waals surface area contributed by atoms with Crippen molar-refractivity contribution in [2.45, 2.75) is 84.5 Å². The molecule has 1 fully saturated rings. The lowest BCUT2D eigenvalue weighted by atomic mass is 9.86. The summed E-state index contributed by atoms with van der Waals surface area (Å²) in [5, 5.41) is 13.2. The molecule has 0 aromatic rings. The molecule has 4 heteroatoms. The number of aliphatic imine (C=N–C) groups is 1. The minimum Gasteiger partial charge on any atom is -0.393 e. The highest BCUT2D eigenvalue weighted by Crippen LogP contribution is 2.44. The average molecular weight is 380 g/mol. The maximum absolute atomic E-state index is 10.4. The van der Waals surface area contributed by atoms with Crippen molar-refractivity contribution in [2.75, 3.05) is 0 Å². The highest BCUT2D eigenvalue weighted by atomic mass is 32.2. The number of allylic oxidation sites excluding steroid dienone is 1. The molecule has 0 aliphatic carbocycles. The largest absolute Gasteiger partial charge is 0.393 e. The topological polar surface area (TPSA) is 45.1 Å². The first-order chi connectivity index (χ1) is 12.2. The fourth-order valence-electron chi connectivity index (χ4n) is 3.37. The molecule has 1 heterocycles. The van der Waals surface area contributed by atoms with Crippen LogP contribution in [0.2, 0.25) is 0 Å². The first-order valence-electron chi connectivity index (χ1n) is 9.67. The summed E-state index contributed by atoms with van der Waals surface area (Å²) in [4.78, 5) is 4.43. The molecule has 0 bridgehead atoms. The van der Waals surface area contributed by atoms with Crippen molar-refractivity contribution >= 4 is 16.8 Å². The van der Waals surface area contributed by atoms with Crippen LogP contribution in [-0.2, 0) is 4.74 Å². The fraction of sp³-hybridized carbons (Fsp3) is 0.682. The quantitative estimate of drug-likeness (QED) is 0.192. The van der Waals surface area contributed by atoms with Crippen LogP contribution < -0.4 is 0 Å². The fourth-order valence-corrected chi connectivity index (χ4v) is 3.73. The first-order valence-corrected chi connectivity index (χ1v) is 10.6. The van der Waals surface area contributed by atoms with Gasteiger partial charge in [0.2, 0.25) is 0 Å². The number of thioether (sulfide) groups is 1. The molecule has 0 amide bonds. The normalized spacial score (nSPS) is 26.9. The smallest absolute Gasteiger partial charge is 0.0923 e. The molecule has 1 aliphatic heterocycles. The lowest BCUT2D eigenvalue weighted by molar-refractivity contribution is 0.0603. The number of epoxide rings is 1. The monoisotopic (exact) mass is 379 g/mol. The van der Waals surface area contributed by atoms with Crippen LogP contribution in [0.3, 0.4) is 0 Å². The zero-order valence-electron chi connectivity index (χ0n) is 17.2. The molecule has 5 atom stereocenters. The number of hydrogen-bond acceptors (Lipinski definition) is 4. The number of aliphatic hydroxyl groups excluding tert-OH is 1. The summed E-state index contributed by atoms with van der Waals surface area (Å²) in [5.41, 5.74) is 1.23. The van der Waals surface area contributed by atoms with Crippen molar-refractivity contribution < 1.29 is 9.84 Å². The molecule has 3 nitrogen and oxygen atoms in total. The predicted octanol–water partition coefficient (Wildman–Crippen LogP) is 6.11. The second-order valence-corrected chi connectivity index (χ2v) is 9.05. The number of aliphatic hydroxyl groups is 1. The number of hydrogen-bond donors (Lipinski definition) is 1. The van der Waals surface area contributed by atoms with Crippen LogP contribution in [0.4, 0.5) is 0 Å². The van der Waals surface area contributed by atoms with Gasteiger partial charge in [0.15, 0.2) is 0 Å². The van der Waals surface area contributed by atoms with Crippen molar-refractivity contribution in [2.24, 2.45) is 16.8 Å². The van der Waals surface area contributed by atoms with Gasteiger partial charge in [0, 0.05) is 6.20 Å². The summed E-state index contributed by atoms with van der Waals surface area (Å²) in [5.74, 6) is 0.589. The molecule has 0 aromatic carbocycles. The predicted molar refractivity (Wildman–Crippen MR) is 116 cm³/mol. The first kappa shape index (κ1) is 23.2. The molecular weight excluding hydrogens is 342 g/mol. The number of nitrogens with zero attached hydrogens (tertiary/aromatic N) is 1. The molecule has 148 valence electrons. The Balaban J connectivity index is 2.35. The van der Waals surface area contributed by atoms with Gasteiger partial charge >= 0.3 is 0 Å². The molecule has 1 rings (SSSR count).